The van der Waals surface area contributed by atoms with Crippen molar-refractivity contribution >= 4 is 0 Å². The van der Waals surface area contributed by atoms with Gasteiger partial charge >= 0.3 is 0 Å². The van der Waals surface area contributed by atoms with Gasteiger partial charge in [0.25, 0.3) is 0 Å². The molecule has 0 saturated heterocycles. The zero-order chi connectivity index (χ0) is 17.7. The Hall–Kier alpha value is -0.0400. The molecule has 0 amide bonds. The quantitative estimate of drug-likeness (QED) is 0.202. The Balaban J connectivity index is 3.06. The third-order valence-corrected chi connectivity index (χ3v) is 5.11. The molecule has 0 bridgehead atoms. The molecule has 0 radical (unpaired) electrons. The summed E-state index contributed by atoms with van der Waals surface area (Å²) in [7, 11) is 0. The predicted molar refractivity (Wildman–Crippen MR) is 110 cm³/mol. The second kappa shape index (κ2) is 21.0. The van der Waals surface area contributed by atoms with E-state index in [4.69, 9.17) is 4.74 Å². The molecule has 1 nitrogen and oxygen atoms in total. The van der Waals surface area contributed by atoms with Gasteiger partial charge < -0.3 is 4.74 Å². The van der Waals surface area contributed by atoms with Crippen LogP contribution >= 0.6 is 0 Å². The highest BCUT2D eigenvalue weighted by Gasteiger charge is 2.01. The highest BCUT2D eigenvalue weighted by atomic mass is 16.5. The van der Waals surface area contributed by atoms with Crippen molar-refractivity contribution in [1.82, 2.24) is 0 Å². The molecule has 1 unspecified atom stereocenters. The molecule has 0 fully saturated rings. The normalized spacial score (nSPS) is 12.6. The van der Waals surface area contributed by atoms with Gasteiger partial charge in [-0.1, -0.05) is 117 Å². The van der Waals surface area contributed by atoms with Crippen LogP contribution in [0.25, 0.3) is 0 Å². The maximum Gasteiger partial charge on any atom is 0.0547 e. The van der Waals surface area contributed by atoms with Crippen LogP contribution in [-0.4, -0.2) is 12.7 Å². The van der Waals surface area contributed by atoms with Crippen LogP contribution in [0.2, 0.25) is 0 Å². The van der Waals surface area contributed by atoms with Crippen molar-refractivity contribution in [1.29, 1.82) is 0 Å². The summed E-state index contributed by atoms with van der Waals surface area (Å²) >= 11 is 0. The smallest absolute Gasteiger partial charge is 0.0547 e. The first kappa shape index (κ1) is 24.0. The lowest BCUT2D eigenvalue weighted by atomic mass is 10.0. The van der Waals surface area contributed by atoms with Crippen molar-refractivity contribution in [2.24, 2.45) is 0 Å². The van der Waals surface area contributed by atoms with Crippen LogP contribution in [0.5, 0.6) is 0 Å². The molecule has 1 atom stereocenters. The molecule has 146 valence electrons. The van der Waals surface area contributed by atoms with Crippen molar-refractivity contribution in [3.8, 4) is 0 Å². The van der Waals surface area contributed by atoms with Crippen LogP contribution in [0.3, 0.4) is 0 Å². The number of unbranched alkanes of at least 4 members (excludes halogenated alkanes) is 15. The zero-order valence-corrected chi connectivity index (χ0v) is 17.4. The maximum atomic E-state index is 5.92. The van der Waals surface area contributed by atoms with Gasteiger partial charge in [0.05, 0.1) is 6.10 Å². The van der Waals surface area contributed by atoms with E-state index in [0.717, 1.165) is 6.61 Å². The summed E-state index contributed by atoms with van der Waals surface area (Å²) in [5, 5.41) is 0. The molecule has 0 aliphatic rings. The Morgan fingerprint density at radius 2 is 0.875 bits per heavy atom. The minimum Gasteiger partial charge on any atom is -0.379 e. The largest absolute Gasteiger partial charge is 0.379 e. The Bertz CT molecular complexity index is 214. The molecule has 0 aromatic heterocycles. The molecule has 0 saturated carbocycles. The van der Waals surface area contributed by atoms with Crippen LogP contribution < -0.4 is 0 Å². The Labute approximate surface area is 154 Å². The van der Waals surface area contributed by atoms with Gasteiger partial charge in [-0.2, -0.15) is 0 Å². The van der Waals surface area contributed by atoms with Crippen LogP contribution in [0.4, 0.5) is 0 Å². The Morgan fingerprint density at radius 1 is 0.500 bits per heavy atom. The van der Waals surface area contributed by atoms with E-state index < -0.39 is 0 Å². The van der Waals surface area contributed by atoms with E-state index in [0.29, 0.717) is 6.10 Å². The minimum absolute atomic E-state index is 0.471. The van der Waals surface area contributed by atoms with Crippen molar-refractivity contribution in [3.05, 3.63) is 0 Å². The summed E-state index contributed by atoms with van der Waals surface area (Å²) in [6.07, 6.45) is 25.6. The fourth-order valence-corrected chi connectivity index (χ4v) is 3.35. The van der Waals surface area contributed by atoms with Crippen molar-refractivity contribution in [2.45, 2.75) is 142 Å². The second-order valence-electron chi connectivity index (χ2n) is 7.77. The van der Waals surface area contributed by atoms with Crippen LogP contribution in [0.1, 0.15) is 136 Å². The lowest BCUT2D eigenvalue weighted by Gasteiger charge is -2.12. The molecule has 1 heteroatoms. The van der Waals surface area contributed by atoms with Gasteiger partial charge in [-0.15, -0.1) is 0 Å². The fraction of sp³-hybridized carbons (Fsp3) is 1.00. The maximum absolute atomic E-state index is 5.92. The monoisotopic (exact) mass is 340 g/mol. The van der Waals surface area contributed by atoms with E-state index in [1.807, 2.05) is 0 Å². The van der Waals surface area contributed by atoms with Crippen molar-refractivity contribution in [2.75, 3.05) is 6.61 Å². The number of hydrogen-bond acceptors (Lipinski definition) is 1. The molecule has 0 aromatic rings. The van der Waals surface area contributed by atoms with Crippen LogP contribution in [-0.2, 0) is 4.74 Å². The lowest BCUT2D eigenvalue weighted by molar-refractivity contribution is 0.0557. The first-order valence-corrected chi connectivity index (χ1v) is 11.4. The topological polar surface area (TPSA) is 9.23 Å². The summed E-state index contributed by atoms with van der Waals surface area (Å²) in [4.78, 5) is 0. The molecular formula is C23H48O. The molecule has 0 rings (SSSR count). The predicted octanol–water partition coefficient (Wildman–Crippen LogP) is 8.45. The summed E-state index contributed by atoms with van der Waals surface area (Å²) in [6.45, 7) is 7.79. The molecule has 0 heterocycles. The van der Waals surface area contributed by atoms with Gasteiger partial charge in [0, 0.05) is 6.61 Å². The van der Waals surface area contributed by atoms with E-state index in [2.05, 4.69) is 20.8 Å². The Morgan fingerprint density at radius 3 is 1.33 bits per heavy atom. The fourth-order valence-electron chi connectivity index (χ4n) is 3.35. The van der Waals surface area contributed by atoms with E-state index in [1.165, 1.54) is 116 Å². The van der Waals surface area contributed by atoms with E-state index in [1.54, 1.807) is 0 Å². The van der Waals surface area contributed by atoms with Gasteiger partial charge in [-0.25, -0.2) is 0 Å². The lowest BCUT2D eigenvalue weighted by Crippen LogP contribution is -2.09. The Kier molecular flexibility index (Phi) is 21.0. The van der Waals surface area contributed by atoms with E-state index in [-0.39, 0.29) is 0 Å². The van der Waals surface area contributed by atoms with Crippen LogP contribution in [0, 0.1) is 0 Å². The number of rotatable bonds is 20. The molecule has 0 aromatic carbocycles. The third-order valence-electron chi connectivity index (χ3n) is 5.11. The van der Waals surface area contributed by atoms with Crippen molar-refractivity contribution < 1.29 is 4.74 Å². The highest BCUT2D eigenvalue weighted by Crippen LogP contribution is 2.13. The molecule has 0 aliphatic heterocycles. The molecule has 0 spiro atoms. The van der Waals surface area contributed by atoms with Gasteiger partial charge in [-0.3, -0.25) is 0 Å². The SMILES string of the molecule is CCCCCCCCCCCCCCCOC(C)CCCCCC. The average Bonchev–Trinajstić information content (AvgIpc) is 2.59. The average molecular weight is 341 g/mol. The standard InChI is InChI=1S/C23H48O/c1-4-6-8-10-11-12-13-14-15-16-17-18-20-22-24-23(3)21-19-9-7-5-2/h23H,4-22H2,1-3H3. The summed E-state index contributed by atoms with van der Waals surface area (Å²) in [6, 6.07) is 0. The molecule has 0 aliphatic carbocycles. The number of hydrogen-bond donors (Lipinski definition) is 0. The zero-order valence-electron chi connectivity index (χ0n) is 17.4. The summed E-state index contributed by atoms with van der Waals surface area (Å²) in [5.41, 5.74) is 0. The van der Waals surface area contributed by atoms with E-state index >= 15 is 0 Å². The van der Waals surface area contributed by atoms with Gasteiger partial charge in [0.2, 0.25) is 0 Å². The van der Waals surface area contributed by atoms with Gasteiger partial charge in [0.15, 0.2) is 0 Å². The minimum atomic E-state index is 0.471. The van der Waals surface area contributed by atoms with Crippen LogP contribution in [0.15, 0.2) is 0 Å². The molecular weight excluding hydrogens is 292 g/mol. The van der Waals surface area contributed by atoms with Crippen molar-refractivity contribution in [3.63, 3.8) is 0 Å². The molecule has 0 N–H and O–H groups in total. The first-order chi connectivity index (χ1) is 11.8. The second-order valence-corrected chi connectivity index (χ2v) is 7.77. The third kappa shape index (κ3) is 20.0. The number of ether oxygens (including phenoxy) is 1. The molecule has 24 heavy (non-hydrogen) atoms. The summed E-state index contributed by atoms with van der Waals surface area (Å²) < 4.78 is 5.92. The highest BCUT2D eigenvalue weighted by molar-refractivity contribution is 4.53. The van der Waals surface area contributed by atoms with Gasteiger partial charge in [-0.05, 0) is 19.8 Å². The first-order valence-electron chi connectivity index (χ1n) is 11.4. The summed E-state index contributed by atoms with van der Waals surface area (Å²) in [5.74, 6) is 0. The van der Waals surface area contributed by atoms with E-state index in [9.17, 15) is 0 Å². The van der Waals surface area contributed by atoms with Gasteiger partial charge in [0.1, 0.15) is 0 Å².